The lowest BCUT2D eigenvalue weighted by Crippen LogP contribution is -2.32. The molecule has 1 aliphatic heterocycles. The maximum absolute atomic E-state index is 14.2. The Morgan fingerprint density at radius 3 is 2.74 bits per heavy atom. The fraction of sp³-hybridized carbons (Fsp3) is 0.136. The summed E-state index contributed by atoms with van der Waals surface area (Å²) < 4.78 is 31.9. The van der Waals surface area contributed by atoms with Gasteiger partial charge in [-0.3, -0.25) is 9.48 Å². The first-order chi connectivity index (χ1) is 14.9. The third-order valence-electron chi connectivity index (χ3n) is 5.50. The van der Waals surface area contributed by atoms with E-state index in [1.54, 1.807) is 35.3 Å². The molecule has 2 aromatic carbocycles. The van der Waals surface area contributed by atoms with E-state index in [2.05, 4.69) is 26.0 Å². The number of rotatable bonds is 3. The Labute approximate surface area is 183 Å². The predicted molar refractivity (Wildman–Crippen MR) is 113 cm³/mol. The van der Waals surface area contributed by atoms with Gasteiger partial charge in [0.25, 0.3) is 0 Å². The van der Waals surface area contributed by atoms with Crippen LogP contribution < -0.4 is 5.43 Å². The molecule has 0 amide bonds. The molecule has 0 spiro atoms. The molecule has 31 heavy (non-hydrogen) atoms. The van der Waals surface area contributed by atoms with Crippen molar-refractivity contribution >= 4 is 15.9 Å². The van der Waals surface area contributed by atoms with Crippen molar-refractivity contribution in [3.8, 4) is 17.3 Å². The summed E-state index contributed by atoms with van der Waals surface area (Å²) in [6, 6.07) is 10.0. The molecule has 0 fully saturated rings. The minimum Gasteiger partial charge on any atom is -0.503 e. The van der Waals surface area contributed by atoms with Crippen molar-refractivity contribution in [2.24, 2.45) is 0 Å². The van der Waals surface area contributed by atoms with Gasteiger partial charge in [0.2, 0.25) is 5.43 Å². The highest BCUT2D eigenvalue weighted by molar-refractivity contribution is 9.10. The zero-order valence-electron chi connectivity index (χ0n) is 15.9. The van der Waals surface area contributed by atoms with Gasteiger partial charge in [0.15, 0.2) is 11.6 Å². The fourth-order valence-corrected chi connectivity index (χ4v) is 4.78. The number of benzene rings is 2. The van der Waals surface area contributed by atoms with E-state index in [4.69, 9.17) is 0 Å². The Balaban J connectivity index is 1.78. The Kier molecular flexibility index (Phi) is 4.70. The molecule has 9 heteroatoms. The van der Waals surface area contributed by atoms with Crippen LogP contribution in [0, 0.1) is 11.6 Å². The van der Waals surface area contributed by atoms with Crippen molar-refractivity contribution in [3.05, 3.63) is 98.5 Å². The zero-order valence-corrected chi connectivity index (χ0v) is 17.5. The number of nitrogens with zero attached hydrogens (tertiary/aromatic N) is 4. The van der Waals surface area contributed by atoms with Crippen LogP contribution in [-0.2, 0) is 6.54 Å². The highest BCUT2D eigenvalue weighted by Gasteiger charge is 2.36. The largest absolute Gasteiger partial charge is 0.503 e. The molecule has 1 unspecified atom stereocenters. The molecule has 3 heterocycles. The minimum atomic E-state index is -0.619. The monoisotopic (exact) mass is 484 g/mol. The molecule has 4 aromatic rings. The third kappa shape index (κ3) is 3.25. The molecule has 0 saturated carbocycles. The standard InChI is InChI=1S/C22H15BrF2N4O2/c23-16-9-14(25)4-5-15(16)19(12-2-1-3-13(24)8-12)17-11-28-7-6-26-22(28)20-21(31)18(30)10-27-29(17)20/h1-10,17,19,31H,11H2/t17-,19?/m1/s1. The van der Waals surface area contributed by atoms with Gasteiger partial charge in [0.05, 0.1) is 12.2 Å². The van der Waals surface area contributed by atoms with Gasteiger partial charge in [0.1, 0.15) is 17.3 Å². The molecule has 6 nitrogen and oxygen atoms in total. The molecular weight excluding hydrogens is 470 g/mol. The second-order valence-electron chi connectivity index (χ2n) is 7.32. The van der Waals surface area contributed by atoms with E-state index in [0.717, 1.165) is 6.20 Å². The van der Waals surface area contributed by atoms with Crippen LogP contribution in [0.3, 0.4) is 0 Å². The fourth-order valence-electron chi connectivity index (χ4n) is 4.18. The van der Waals surface area contributed by atoms with Crippen molar-refractivity contribution in [2.75, 3.05) is 0 Å². The predicted octanol–water partition coefficient (Wildman–Crippen LogP) is 4.24. The van der Waals surface area contributed by atoms with E-state index < -0.39 is 34.8 Å². The first-order valence-corrected chi connectivity index (χ1v) is 10.3. The molecule has 1 aliphatic rings. The van der Waals surface area contributed by atoms with Gasteiger partial charge in [-0.25, -0.2) is 13.8 Å². The minimum absolute atomic E-state index is 0.188. The topological polar surface area (TPSA) is 72.9 Å². The van der Waals surface area contributed by atoms with Gasteiger partial charge in [-0.15, -0.1) is 0 Å². The van der Waals surface area contributed by atoms with Gasteiger partial charge in [0, 0.05) is 29.3 Å². The van der Waals surface area contributed by atoms with Gasteiger partial charge in [-0.05, 0) is 35.4 Å². The summed E-state index contributed by atoms with van der Waals surface area (Å²) in [6.07, 6.45) is 4.36. The number of hydrogen-bond donors (Lipinski definition) is 1. The summed E-state index contributed by atoms with van der Waals surface area (Å²) in [5.74, 6) is -1.34. The summed E-state index contributed by atoms with van der Waals surface area (Å²) in [6.45, 7) is 0.392. The molecule has 1 N–H and O–H groups in total. The Hall–Kier alpha value is -3.33. The number of aromatic nitrogens is 4. The average Bonchev–Trinajstić information content (AvgIpc) is 3.20. The molecule has 5 rings (SSSR count). The van der Waals surface area contributed by atoms with Gasteiger partial charge in [-0.1, -0.05) is 34.1 Å². The normalized spacial score (nSPS) is 15.9. The van der Waals surface area contributed by atoms with Crippen LogP contribution in [0.4, 0.5) is 8.78 Å². The number of fused-ring (bicyclic) bond motifs is 3. The van der Waals surface area contributed by atoms with Crippen LogP contribution in [0.25, 0.3) is 11.5 Å². The Morgan fingerprint density at radius 1 is 1.16 bits per heavy atom. The van der Waals surface area contributed by atoms with Crippen LogP contribution in [-0.4, -0.2) is 24.4 Å². The van der Waals surface area contributed by atoms with Gasteiger partial charge < -0.3 is 9.67 Å². The van der Waals surface area contributed by atoms with Crippen LogP contribution in [0.1, 0.15) is 23.1 Å². The highest BCUT2D eigenvalue weighted by atomic mass is 79.9. The quantitative estimate of drug-likeness (QED) is 0.472. The van der Waals surface area contributed by atoms with E-state index in [0.29, 0.717) is 28.0 Å². The molecule has 0 radical (unpaired) electrons. The maximum atomic E-state index is 14.2. The van der Waals surface area contributed by atoms with E-state index in [1.165, 1.54) is 24.3 Å². The van der Waals surface area contributed by atoms with E-state index >= 15 is 0 Å². The van der Waals surface area contributed by atoms with Crippen LogP contribution in [0.5, 0.6) is 5.75 Å². The van der Waals surface area contributed by atoms with Crippen LogP contribution >= 0.6 is 15.9 Å². The Morgan fingerprint density at radius 2 is 1.97 bits per heavy atom. The molecule has 156 valence electrons. The van der Waals surface area contributed by atoms with Crippen molar-refractivity contribution in [3.63, 3.8) is 0 Å². The molecule has 0 saturated heterocycles. The van der Waals surface area contributed by atoms with E-state index in [9.17, 15) is 18.7 Å². The third-order valence-corrected chi connectivity index (χ3v) is 6.19. The maximum Gasteiger partial charge on any atom is 0.242 e. The summed E-state index contributed by atoms with van der Waals surface area (Å²) in [5, 5.41) is 14.8. The molecule has 0 aliphatic carbocycles. The second-order valence-corrected chi connectivity index (χ2v) is 8.17. The number of imidazole rings is 1. The zero-order chi connectivity index (χ0) is 21.7. The molecule has 2 atom stereocenters. The highest BCUT2D eigenvalue weighted by Crippen LogP contribution is 2.44. The lowest BCUT2D eigenvalue weighted by atomic mass is 9.84. The SMILES string of the molecule is O=c1cnn2c(c1O)-c1nccn1C[C@@H]2C(c1cccc(F)c1)c1ccc(F)cc1Br. The first kappa shape index (κ1) is 19.6. The van der Waals surface area contributed by atoms with Crippen molar-refractivity contribution < 1.29 is 13.9 Å². The summed E-state index contributed by atoms with van der Waals surface area (Å²) in [7, 11) is 0. The van der Waals surface area contributed by atoms with Gasteiger partial charge >= 0.3 is 0 Å². The summed E-state index contributed by atoms with van der Waals surface area (Å²) in [4.78, 5) is 16.4. The lowest BCUT2D eigenvalue weighted by molar-refractivity contribution is 0.330. The number of halogens is 3. The average molecular weight is 485 g/mol. The Bertz CT molecular complexity index is 1370. The van der Waals surface area contributed by atoms with Crippen LogP contribution in [0.2, 0.25) is 0 Å². The molecule has 2 aromatic heterocycles. The number of hydrogen-bond acceptors (Lipinski definition) is 4. The lowest BCUT2D eigenvalue weighted by Gasteiger charge is -2.35. The molecular formula is C22H15BrF2N4O2. The second kappa shape index (κ2) is 7.42. The van der Waals surface area contributed by atoms with Gasteiger partial charge in [-0.2, -0.15) is 5.10 Å². The van der Waals surface area contributed by atoms with Crippen molar-refractivity contribution in [1.29, 1.82) is 0 Å². The summed E-state index contributed by atoms with van der Waals surface area (Å²) >= 11 is 3.44. The van der Waals surface area contributed by atoms with E-state index in [1.807, 2.05) is 4.57 Å². The smallest absolute Gasteiger partial charge is 0.242 e. The summed E-state index contributed by atoms with van der Waals surface area (Å²) in [5.41, 5.74) is 0.929. The molecule has 0 bridgehead atoms. The van der Waals surface area contributed by atoms with E-state index in [-0.39, 0.29) is 5.69 Å². The first-order valence-electron chi connectivity index (χ1n) is 9.46. The van der Waals surface area contributed by atoms with Crippen molar-refractivity contribution in [1.82, 2.24) is 19.3 Å². The van der Waals surface area contributed by atoms with Crippen molar-refractivity contribution in [2.45, 2.75) is 18.5 Å². The number of aromatic hydroxyl groups is 1. The van der Waals surface area contributed by atoms with Crippen LogP contribution in [0.15, 0.2) is 70.3 Å².